The van der Waals surface area contributed by atoms with E-state index in [9.17, 15) is 9.59 Å². The summed E-state index contributed by atoms with van der Waals surface area (Å²) in [6.45, 7) is 7.54. The van der Waals surface area contributed by atoms with Crippen molar-refractivity contribution < 1.29 is 23.8 Å². The van der Waals surface area contributed by atoms with Gasteiger partial charge in [0.25, 0.3) is 0 Å². The van der Waals surface area contributed by atoms with Crippen molar-refractivity contribution in [1.82, 2.24) is 0 Å². The quantitative estimate of drug-likeness (QED) is 0.0345. The maximum absolute atomic E-state index is 12.8. The molecular weight excluding hydrogens is 837 g/mol. The topological polar surface area (TPSA) is 61.8 Å². The van der Waals surface area contributed by atoms with E-state index in [1.54, 1.807) is 0 Å². The zero-order valence-corrected chi connectivity index (χ0v) is 44.3. The van der Waals surface area contributed by atoms with Gasteiger partial charge in [-0.1, -0.05) is 226 Å². The van der Waals surface area contributed by atoms with Crippen molar-refractivity contribution in [3.8, 4) is 0 Å². The van der Waals surface area contributed by atoms with Crippen molar-refractivity contribution in [3.05, 3.63) is 122 Å². The Morgan fingerprint density at radius 2 is 0.691 bits per heavy atom. The lowest BCUT2D eigenvalue weighted by Gasteiger charge is -2.18. The van der Waals surface area contributed by atoms with Gasteiger partial charge in [0.1, 0.15) is 6.61 Å². The minimum Gasteiger partial charge on any atom is -0.462 e. The smallest absolute Gasteiger partial charge is 0.306 e. The predicted molar refractivity (Wildman–Crippen MR) is 297 cm³/mol. The molecular formula is C63H104O5. The van der Waals surface area contributed by atoms with Gasteiger partial charge in [-0.2, -0.15) is 0 Å². The number of hydrogen-bond donors (Lipinski definition) is 0. The van der Waals surface area contributed by atoms with Crippen molar-refractivity contribution >= 4 is 11.9 Å². The second-order valence-corrected chi connectivity index (χ2v) is 18.1. The molecule has 0 aliphatic rings. The zero-order valence-electron chi connectivity index (χ0n) is 44.3. The van der Waals surface area contributed by atoms with Gasteiger partial charge in [0.15, 0.2) is 6.10 Å². The molecule has 0 aromatic carbocycles. The van der Waals surface area contributed by atoms with E-state index in [0.29, 0.717) is 19.4 Å². The summed E-state index contributed by atoms with van der Waals surface area (Å²) in [6, 6.07) is 0. The normalized spacial score (nSPS) is 13.2. The van der Waals surface area contributed by atoms with E-state index >= 15 is 0 Å². The number of ether oxygens (including phenoxy) is 3. The third-order valence-electron chi connectivity index (χ3n) is 11.5. The molecule has 386 valence electrons. The van der Waals surface area contributed by atoms with E-state index in [-0.39, 0.29) is 31.6 Å². The van der Waals surface area contributed by atoms with Crippen LogP contribution < -0.4 is 0 Å². The van der Waals surface area contributed by atoms with Crippen molar-refractivity contribution in [2.24, 2.45) is 0 Å². The summed E-state index contributed by atoms with van der Waals surface area (Å²) in [4.78, 5) is 25.4. The summed E-state index contributed by atoms with van der Waals surface area (Å²) in [5.41, 5.74) is 0. The number of unbranched alkanes of at least 4 members (excludes halogenated alkanes) is 19. The Hall–Kier alpha value is -3.70. The minimum absolute atomic E-state index is 0.0385. The molecule has 0 aromatic rings. The summed E-state index contributed by atoms with van der Waals surface area (Å²) in [5, 5.41) is 0. The number of esters is 2. The number of carbonyl (C=O) groups excluding carboxylic acids is 2. The summed E-state index contributed by atoms with van der Waals surface area (Å²) in [6.07, 6.45) is 80.8. The lowest BCUT2D eigenvalue weighted by Crippen LogP contribution is -2.30. The lowest BCUT2D eigenvalue weighted by atomic mass is 10.1. The summed E-state index contributed by atoms with van der Waals surface area (Å²) < 4.78 is 17.4. The number of allylic oxidation sites excluding steroid dienone is 20. The molecule has 0 fully saturated rings. The molecule has 0 amide bonds. The molecule has 68 heavy (non-hydrogen) atoms. The Bertz CT molecular complexity index is 1390. The summed E-state index contributed by atoms with van der Waals surface area (Å²) in [5.74, 6) is -0.516. The molecule has 0 aliphatic carbocycles. The zero-order chi connectivity index (χ0) is 49.2. The highest BCUT2D eigenvalue weighted by atomic mass is 16.6. The first-order chi connectivity index (χ1) is 33.6. The van der Waals surface area contributed by atoms with Crippen LogP contribution in [0.15, 0.2) is 122 Å². The van der Waals surface area contributed by atoms with Gasteiger partial charge in [-0.25, -0.2) is 0 Å². The second kappa shape index (κ2) is 57.6. The van der Waals surface area contributed by atoms with Gasteiger partial charge in [0.2, 0.25) is 0 Å². The highest BCUT2D eigenvalue weighted by molar-refractivity contribution is 5.70. The molecule has 1 atom stereocenters. The van der Waals surface area contributed by atoms with Crippen LogP contribution >= 0.6 is 0 Å². The van der Waals surface area contributed by atoms with Gasteiger partial charge in [0, 0.05) is 19.4 Å². The summed E-state index contributed by atoms with van der Waals surface area (Å²) >= 11 is 0. The molecule has 0 heterocycles. The average molecular weight is 942 g/mol. The second-order valence-electron chi connectivity index (χ2n) is 18.1. The number of rotatable bonds is 50. The molecule has 0 bridgehead atoms. The van der Waals surface area contributed by atoms with Crippen LogP contribution in [0.25, 0.3) is 0 Å². The van der Waals surface area contributed by atoms with Crippen LogP contribution in [0.5, 0.6) is 0 Å². The fourth-order valence-electron chi connectivity index (χ4n) is 7.30. The van der Waals surface area contributed by atoms with Crippen molar-refractivity contribution in [2.75, 3.05) is 19.8 Å². The first-order valence-corrected chi connectivity index (χ1v) is 28.1. The molecule has 0 N–H and O–H groups in total. The molecule has 0 radical (unpaired) electrons. The van der Waals surface area contributed by atoms with E-state index in [4.69, 9.17) is 14.2 Å². The van der Waals surface area contributed by atoms with E-state index in [1.165, 1.54) is 109 Å². The molecule has 0 saturated heterocycles. The van der Waals surface area contributed by atoms with Gasteiger partial charge in [0.05, 0.1) is 6.61 Å². The Kier molecular flexibility index (Phi) is 54.5. The van der Waals surface area contributed by atoms with Crippen LogP contribution in [-0.2, 0) is 23.8 Å². The van der Waals surface area contributed by atoms with Crippen molar-refractivity contribution in [2.45, 2.75) is 245 Å². The van der Waals surface area contributed by atoms with Crippen LogP contribution in [0.1, 0.15) is 239 Å². The minimum atomic E-state index is -0.594. The van der Waals surface area contributed by atoms with E-state index in [1.807, 2.05) is 6.08 Å². The van der Waals surface area contributed by atoms with Crippen LogP contribution in [0, 0.1) is 0 Å². The van der Waals surface area contributed by atoms with Crippen LogP contribution in [0.4, 0.5) is 0 Å². The van der Waals surface area contributed by atoms with Gasteiger partial charge in [-0.3, -0.25) is 9.59 Å². The molecule has 0 aliphatic heterocycles. The van der Waals surface area contributed by atoms with Gasteiger partial charge >= 0.3 is 11.9 Å². The third-order valence-corrected chi connectivity index (χ3v) is 11.5. The van der Waals surface area contributed by atoms with Gasteiger partial charge < -0.3 is 14.2 Å². The standard InChI is InChI=1S/C63H104O5/c1-4-7-10-13-16-19-22-25-27-29-31-33-35-37-40-43-46-49-52-55-58-66-59-61(68-63(65)57-54-51-48-45-42-38-24-21-18-15-12-9-6-3)60-67-62(64)56-53-50-47-44-41-39-36-34-32-30-28-26-23-20-17-14-11-8-5-2/h9,12,16-21,25-28,31-34,38,42,48,51,61H,4-8,10-11,13-15,22-24,29-30,35-37,39-41,43-47,49-50,52-60H2,1-3H3/b12-9-,19-16-,20-17-,21-18-,27-25-,28-26-,33-31-,34-32-,42-38-,51-48-. The highest BCUT2D eigenvalue weighted by Crippen LogP contribution is 2.13. The highest BCUT2D eigenvalue weighted by Gasteiger charge is 2.17. The first-order valence-electron chi connectivity index (χ1n) is 28.1. The molecule has 5 heteroatoms. The molecule has 0 saturated carbocycles. The average Bonchev–Trinajstić information content (AvgIpc) is 3.34. The molecule has 0 aromatic heterocycles. The molecule has 5 nitrogen and oxygen atoms in total. The molecule has 1 unspecified atom stereocenters. The Labute approximate surface area is 420 Å². The van der Waals surface area contributed by atoms with Gasteiger partial charge in [-0.15, -0.1) is 0 Å². The Morgan fingerprint density at radius 3 is 1.12 bits per heavy atom. The molecule has 0 rings (SSSR count). The fourth-order valence-corrected chi connectivity index (χ4v) is 7.30. The number of carbonyl (C=O) groups is 2. The van der Waals surface area contributed by atoms with E-state index in [2.05, 4.69) is 136 Å². The van der Waals surface area contributed by atoms with Crippen LogP contribution in [0.3, 0.4) is 0 Å². The Morgan fingerprint density at radius 1 is 0.338 bits per heavy atom. The fraction of sp³-hybridized carbons (Fsp3) is 0.651. The maximum atomic E-state index is 12.8. The Balaban J connectivity index is 4.38. The molecule has 0 spiro atoms. The monoisotopic (exact) mass is 941 g/mol. The largest absolute Gasteiger partial charge is 0.462 e. The van der Waals surface area contributed by atoms with E-state index < -0.39 is 6.10 Å². The van der Waals surface area contributed by atoms with Crippen LogP contribution in [-0.4, -0.2) is 37.9 Å². The third kappa shape index (κ3) is 54.9. The SMILES string of the molecule is CC/C=C\C/C=C\C/C=C\C/C=C\CCC(=O)OC(COCCCCCCCCC/C=C\C/C=C\C/C=C\CCCCC)COC(=O)CCCCCCCC/C=C\C/C=C\C/C=C\CCCCC. The predicted octanol–water partition coefficient (Wildman–Crippen LogP) is 19.3. The first kappa shape index (κ1) is 64.3. The van der Waals surface area contributed by atoms with Crippen molar-refractivity contribution in [3.63, 3.8) is 0 Å². The van der Waals surface area contributed by atoms with Crippen molar-refractivity contribution in [1.29, 1.82) is 0 Å². The van der Waals surface area contributed by atoms with Gasteiger partial charge in [-0.05, 0) is 122 Å². The maximum Gasteiger partial charge on any atom is 0.306 e. The summed E-state index contributed by atoms with van der Waals surface area (Å²) in [7, 11) is 0. The van der Waals surface area contributed by atoms with Crippen LogP contribution in [0.2, 0.25) is 0 Å². The lowest BCUT2D eigenvalue weighted by molar-refractivity contribution is -0.162. The number of hydrogen-bond acceptors (Lipinski definition) is 5. The van der Waals surface area contributed by atoms with E-state index in [0.717, 1.165) is 89.9 Å².